The molecule has 2 heteroatoms. The van der Waals surface area contributed by atoms with Gasteiger partial charge in [0.15, 0.2) is 5.69 Å². The molecule has 2 nitrogen and oxygen atoms in total. The van der Waals surface area contributed by atoms with Crippen LogP contribution in [0.25, 0.3) is 34.0 Å². The average Bonchev–Trinajstić information content (AvgIpc) is 3.26. The fourth-order valence-corrected chi connectivity index (χ4v) is 4.29. The van der Waals surface area contributed by atoms with Gasteiger partial charge in [0.25, 0.3) is 5.82 Å². The van der Waals surface area contributed by atoms with Crippen LogP contribution in [0.15, 0.2) is 121 Å². The number of rotatable bonds is 4. The van der Waals surface area contributed by atoms with Crippen LogP contribution < -0.4 is 4.57 Å². The second-order valence-electron chi connectivity index (χ2n) is 9.41. The molecule has 0 aliphatic heterocycles. The lowest BCUT2D eigenvalue weighted by atomic mass is 9.86. The third-order valence-corrected chi connectivity index (χ3v) is 6.06. The SMILES string of the molecule is CC(C)(C)c1ccc(-c2n(-c3ccccc3)c(-c3ccccc3)c[n+]2-c2ccccc2)cc1. The molecule has 0 spiro atoms. The molecule has 4 aromatic carbocycles. The number of benzene rings is 4. The minimum Gasteiger partial charge on any atom is -0.194 e. The predicted molar refractivity (Wildman–Crippen MR) is 137 cm³/mol. The van der Waals surface area contributed by atoms with Gasteiger partial charge in [-0.2, -0.15) is 9.13 Å². The van der Waals surface area contributed by atoms with Crippen LogP contribution >= 0.6 is 0 Å². The van der Waals surface area contributed by atoms with Crippen LogP contribution in [0.5, 0.6) is 0 Å². The van der Waals surface area contributed by atoms with Gasteiger partial charge in [-0.25, -0.2) is 0 Å². The molecule has 1 aromatic heterocycles. The first-order valence-electron chi connectivity index (χ1n) is 11.5. The largest absolute Gasteiger partial charge is 0.299 e. The van der Waals surface area contributed by atoms with Gasteiger partial charge in [-0.1, -0.05) is 99.6 Å². The number of hydrogen-bond acceptors (Lipinski definition) is 0. The highest BCUT2D eigenvalue weighted by Gasteiger charge is 2.29. The number of nitrogens with zero attached hydrogens (tertiary/aromatic N) is 2. The molecule has 0 fully saturated rings. The molecule has 0 radical (unpaired) electrons. The zero-order valence-corrected chi connectivity index (χ0v) is 19.4. The summed E-state index contributed by atoms with van der Waals surface area (Å²) in [7, 11) is 0. The zero-order chi connectivity index (χ0) is 22.8. The smallest absolute Gasteiger partial charge is 0.194 e. The van der Waals surface area contributed by atoms with Gasteiger partial charge >= 0.3 is 0 Å². The molecule has 0 bridgehead atoms. The van der Waals surface area contributed by atoms with E-state index in [1.165, 1.54) is 16.7 Å². The van der Waals surface area contributed by atoms with E-state index in [9.17, 15) is 0 Å². The van der Waals surface area contributed by atoms with Crippen molar-refractivity contribution in [3.8, 4) is 34.0 Å². The normalized spacial score (nSPS) is 11.5. The maximum absolute atomic E-state index is 2.37. The van der Waals surface area contributed by atoms with Gasteiger partial charge < -0.3 is 0 Å². The van der Waals surface area contributed by atoms with Crippen molar-refractivity contribution < 1.29 is 4.57 Å². The molecule has 0 saturated carbocycles. The molecule has 0 atom stereocenters. The van der Waals surface area contributed by atoms with E-state index in [1.807, 2.05) is 0 Å². The Morgan fingerprint density at radius 2 is 1.12 bits per heavy atom. The summed E-state index contributed by atoms with van der Waals surface area (Å²) in [6.07, 6.45) is 2.25. The maximum Gasteiger partial charge on any atom is 0.299 e. The van der Waals surface area contributed by atoms with E-state index in [1.54, 1.807) is 0 Å². The molecule has 0 aliphatic carbocycles. The van der Waals surface area contributed by atoms with Gasteiger partial charge in [-0.3, -0.25) is 0 Å². The molecule has 5 rings (SSSR count). The lowest BCUT2D eigenvalue weighted by molar-refractivity contribution is -0.582. The Morgan fingerprint density at radius 1 is 0.576 bits per heavy atom. The molecule has 0 N–H and O–H groups in total. The third kappa shape index (κ3) is 4.12. The monoisotopic (exact) mass is 429 g/mol. The third-order valence-electron chi connectivity index (χ3n) is 6.06. The van der Waals surface area contributed by atoms with Crippen molar-refractivity contribution in [2.75, 3.05) is 0 Å². The van der Waals surface area contributed by atoms with Crippen molar-refractivity contribution in [2.24, 2.45) is 0 Å². The molecule has 0 saturated heterocycles. The predicted octanol–water partition coefficient (Wildman–Crippen LogP) is 7.39. The first kappa shape index (κ1) is 21.0. The van der Waals surface area contributed by atoms with Gasteiger partial charge in [0.05, 0.1) is 5.56 Å². The Labute approximate surface area is 196 Å². The molecular weight excluding hydrogens is 400 g/mol. The van der Waals surface area contributed by atoms with Crippen LogP contribution in [-0.2, 0) is 5.41 Å². The Balaban J connectivity index is 1.83. The Morgan fingerprint density at radius 3 is 1.70 bits per heavy atom. The van der Waals surface area contributed by atoms with E-state index in [4.69, 9.17) is 0 Å². The molecule has 1 heterocycles. The van der Waals surface area contributed by atoms with Crippen molar-refractivity contribution in [1.29, 1.82) is 0 Å². The van der Waals surface area contributed by atoms with Crippen LogP contribution in [-0.4, -0.2) is 4.57 Å². The quantitative estimate of drug-likeness (QED) is 0.263. The first-order valence-corrected chi connectivity index (χ1v) is 11.5. The van der Waals surface area contributed by atoms with Gasteiger partial charge in [0.2, 0.25) is 0 Å². The molecule has 0 unspecified atom stereocenters. The van der Waals surface area contributed by atoms with Gasteiger partial charge in [0, 0.05) is 5.56 Å². The zero-order valence-electron chi connectivity index (χ0n) is 19.4. The van der Waals surface area contributed by atoms with Crippen molar-refractivity contribution in [3.05, 3.63) is 127 Å². The summed E-state index contributed by atoms with van der Waals surface area (Å²) in [6.45, 7) is 6.77. The number of aromatic nitrogens is 2. The summed E-state index contributed by atoms with van der Waals surface area (Å²) in [5.41, 5.74) is 7.24. The lowest BCUT2D eigenvalue weighted by Crippen LogP contribution is -2.31. The fourth-order valence-electron chi connectivity index (χ4n) is 4.29. The molecule has 33 heavy (non-hydrogen) atoms. The highest BCUT2D eigenvalue weighted by atomic mass is 15.2. The minimum absolute atomic E-state index is 0.116. The fraction of sp³-hybridized carbons (Fsp3) is 0.129. The summed E-state index contributed by atoms with van der Waals surface area (Å²) in [6, 6.07) is 40.8. The first-order chi connectivity index (χ1) is 16.0. The molecule has 162 valence electrons. The molecule has 5 aromatic rings. The number of hydrogen-bond donors (Lipinski definition) is 0. The average molecular weight is 430 g/mol. The molecule has 0 amide bonds. The summed E-state index contributed by atoms with van der Waals surface area (Å²) in [4.78, 5) is 0. The molecular formula is C31H29N2+. The lowest BCUT2D eigenvalue weighted by Gasteiger charge is -2.19. The summed E-state index contributed by atoms with van der Waals surface area (Å²) >= 11 is 0. The summed E-state index contributed by atoms with van der Waals surface area (Å²) in [5, 5.41) is 0. The van der Waals surface area contributed by atoms with Crippen molar-refractivity contribution in [3.63, 3.8) is 0 Å². The summed E-state index contributed by atoms with van der Waals surface area (Å²) < 4.78 is 4.68. The summed E-state index contributed by atoms with van der Waals surface area (Å²) in [5.74, 6) is 1.13. The Bertz CT molecular complexity index is 1340. The number of imidazole rings is 1. The van der Waals surface area contributed by atoms with Gasteiger partial charge in [0.1, 0.15) is 17.6 Å². The van der Waals surface area contributed by atoms with Crippen LogP contribution in [0.2, 0.25) is 0 Å². The van der Waals surface area contributed by atoms with E-state index in [0.29, 0.717) is 0 Å². The van der Waals surface area contributed by atoms with E-state index < -0.39 is 0 Å². The Kier molecular flexibility index (Phi) is 5.43. The standard InChI is InChI=1S/C31H29N2/c1-31(2,3)26-21-19-25(20-22-26)30-32(27-15-9-5-10-16-27)23-29(24-13-7-4-8-14-24)33(30)28-17-11-6-12-18-28/h4-23H,1-3H3/q+1. The molecule has 0 aliphatic rings. The van der Waals surface area contributed by atoms with E-state index in [0.717, 1.165) is 22.9 Å². The highest BCUT2D eigenvalue weighted by molar-refractivity contribution is 5.68. The second-order valence-corrected chi connectivity index (χ2v) is 9.41. The van der Waals surface area contributed by atoms with E-state index >= 15 is 0 Å². The van der Waals surface area contributed by atoms with E-state index in [-0.39, 0.29) is 5.41 Å². The topological polar surface area (TPSA) is 8.81 Å². The van der Waals surface area contributed by atoms with Gasteiger partial charge in [-0.05, 0) is 47.4 Å². The van der Waals surface area contributed by atoms with Crippen LogP contribution in [0, 0.1) is 0 Å². The van der Waals surface area contributed by atoms with Crippen LogP contribution in [0.3, 0.4) is 0 Å². The minimum atomic E-state index is 0.116. The van der Waals surface area contributed by atoms with Crippen molar-refractivity contribution in [1.82, 2.24) is 4.57 Å². The maximum atomic E-state index is 2.37. The van der Waals surface area contributed by atoms with E-state index in [2.05, 4.69) is 151 Å². The Hall–Kier alpha value is -3.91. The van der Waals surface area contributed by atoms with Crippen molar-refractivity contribution >= 4 is 0 Å². The van der Waals surface area contributed by atoms with Crippen LogP contribution in [0.4, 0.5) is 0 Å². The second kappa shape index (κ2) is 8.55. The number of para-hydroxylation sites is 2. The van der Waals surface area contributed by atoms with Crippen molar-refractivity contribution in [2.45, 2.75) is 26.2 Å². The van der Waals surface area contributed by atoms with Crippen LogP contribution in [0.1, 0.15) is 26.3 Å². The van der Waals surface area contributed by atoms with Gasteiger partial charge in [-0.15, -0.1) is 0 Å². The highest BCUT2D eigenvalue weighted by Crippen LogP contribution is 2.32.